The average Bonchev–Trinajstić information content (AvgIpc) is 2.19. The molecule has 0 atom stereocenters. The highest BCUT2D eigenvalue weighted by molar-refractivity contribution is 5.97. The van der Waals surface area contributed by atoms with Crippen LogP contribution in [0.4, 0.5) is 0 Å². The van der Waals surface area contributed by atoms with Gasteiger partial charge in [-0.15, -0.1) is 6.58 Å². The van der Waals surface area contributed by atoms with Crippen molar-refractivity contribution in [3.63, 3.8) is 0 Å². The number of hydrogen-bond acceptors (Lipinski definition) is 1. The molecule has 1 nitrogen and oxygen atoms in total. The second-order valence-corrected chi connectivity index (χ2v) is 1.73. The molecule has 8 heavy (non-hydrogen) atoms. The van der Waals surface area contributed by atoms with Crippen molar-refractivity contribution in [1.82, 2.24) is 0 Å². The van der Waals surface area contributed by atoms with Gasteiger partial charge in [0.05, 0.1) is 6.54 Å². The van der Waals surface area contributed by atoms with E-state index in [0.29, 0.717) is 0 Å². The summed E-state index contributed by atoms with van der Waals surface area (Å²) in [6.07, 6.45) is 6.88. The van der Waals surface area contributed by atoms with E-state index in [9.17, 15) is 0 Å². The first-order chi connectivity index (χ1) is 3.93. The summed E-state index contributed by atoms with van der Waals surface area (Å²) in [6, 6.07) is 0. The Labute approximate surface area is 49.4 Å². The molecule has 1 rings (SSSR count). The van der Waals surface area contributed by atoms with E-state index in [1.807, 2.05) is 12.2 Å². The molecule has 42 valence electrons. The van der Waals surface area contributed by atoms with Gasteiger partial charge in [-0.25, -0.2) is 0 Å². The average molecular weight is 107 g/mol. The Morgan fingerprint density at radius 2 is 2.75 bits per heavy atom. The number of allylic oxidation sites excluding steroid dienone is 2. The van der Waals surface area contributed by atoms with E-state index in [0.717, 1.165) is 18.7 Å². The summed E-state index contributed by atoms with van der Waals surface area (Å²) in [5.74, 6) is 0. The van der Waals surface area contributed by atoms with Crippen molar-refractivity contribution in [2.75, 3.05) is 6.54 Å². The molecule has 0 aromatic carbocycles. The number of nitrogens with zero attached hydrogens (tertiary/aromatic N) is 1. The van der Waals surface area contributed by atoms with E-state index in [4.69, 9.17) is 0 Å². The van der Waals surface area contributed by atoms with Gasteiger partial charge >= 0.3 is 0 Å². The molecule has 0 radical (unpaired) electrons. The van der Waals surface area contributed by atoms with Crippen molar-refractivity contribution in [3.05, 3.63) is 24.8 Å². The Morgan fingerprint density at radius 3 is 3.25 bits per heavy atom. The first-order valence-corrected chi connectivity index (χ1v) is 2.74. The summed E-state index contributed by atoms with van der Waals surface area (Å²) in [4.78, 5) is 4.16. The molecule has 0 saturated heterocycles. The normalized spacial score (nSPS) is 16.2. The van der Waals surface area contributed by atoms with Crippen LogP contribution < -0.4 is 0 Å². The van der Waals surface area contributed by atoms with Crippen LogP contribution in [0.5, 0.6) is 0 Å². The second kappa shape index (κ2) is 2.46. The third kappa shape index (κ3) is 1.06. The second-order valence-electron chi connectivity index (χ2n) is 1.73. The molecular formula is C7H9N. The largest absolute Gasteiger partial charge is 0.285 e. The van der Waals surface area contributed by atoms with Gasteiger partial charge in [0.15, 0.2) is 0 Å². The van der Waals surface area contributed by atoms with Gasteiger partial charge in [0.2, 0.25) is 0 Å². The van der Waals surface area contributed by atoms with Crippen LogP contribution in [-0.4, -0.2) is 12.3 Å². The molecule has 1 heteroatoms. The monoisotopic (exact) mass is 107 g/mol. The van der Waals surface area contributed by atoms with Gasteiger partial charge in [0.1, 0.15) is 0 Å². The molecule has 0 N–H and O–H groups in total. The lowest BCUT2D eigenvalue weighted by atomic mass is 10.3. The van der Waals surface area contributed by atoms with E-state index >= 15 is 0 Å². The molecule has 0 bridgehead atoms. The SMILES string of the molecule is C=CCC1=NCC=C1. The lowest BCUT2D eigenvalue weighted by Gasteiger charge is -1.85. The quantitative estimate of drug-likeness (QED) is 0.475. The van der Waals surface area contributed by atoms with Gasteiger partial charge in [0.25, 0.3) is 0 Å². The van der Waals surface area contributed by atoms with Gasteiger partial charge in [-0.2, -0.15) is 0 Å². The molecule has 0 aromatic heterocycles. The summed E-state index contributed by atoms with van der Waals surface area (Å²) < 4.78 is 0. The van der Waals surface area contributed by atoms with E-state index in [2.05, 4.69) is 17.6 Å². The van der Waals surface area contributed by atoms with E-state index in [1.54, 1.807) is 0 Å². The van der Waals surface area contributed by atoms with Crippen molar-refractivity contribution >= 4 is 5.71 Å². The molecule has 1 aliphatic rings. The number of hydrogen-bond donors (Lipinski definition) is 0. The zero-order chi connectivity index (χ0) is 5.82. The molecule has 0 amide bonds. The lowest BCUT2D eigenvalue weighted by Crippen LogP contribution is -1.84. The van der Waals surface area contributed by atoms with Crippen LogP contribution in [0.25, 0.3) is 0 Å². The Bertz CT molecular complexity index is 142. The maximum Gasteiger partial charge on any atom is 0.0577 e. The Balaban J connectivity index is 2.45. The topological polar surface area (TPSA) is 12.4 Å². The standard InChI is InChI=1S/C7H9N/c1-2-4-7-5-3-6-8-7/h2-3,5H,1,4,6H2. The Morgan fingerprint density at radius 1 is 1.88 bits per heavy atom. The van der Waals surface area contributed by atoms with Crippen LogP contribution in [0.15, 0.2) is 29.8 Å². The van der Waals surface area contributed by atoms with Crippen LogP contribution in [-0.2, 0) is 0 Å². The number of aliphatic imine (C=N–C) groups is 1. The van der Waals surface area contributed by atoms with Crippen molar-refractivity contribution in [2.24, 2.45) is 4.99 Å². The Hall–Kier alpha value is -0.850. The summed E-state index contributed by atoms with van der Waals surface area (Å²) in [6.45, 7) is 4.47. The predicted molar refractivity (Wildman–Crippen MR) is 36.3 cm³/mol. The van der Waals surface area contributed by atoms with Crippen LogP contribution in [0, 0.1) is 0 Å². The van der Waals surface area contributed by atoms with Crippen molar-refractivity contribution in [1.29, 1.82) is 0 Å². The highest BCUT2D eigenvalue weighted by atomic mass is 14.7. The third-order valence-corrected chi connectivity index (χ3v) is 1.06. The highest BCUT2D eigenvalue weighted by Gasteiger charge is 1.93. The van der Waals surface area contributed by atoms with Gasteiger partial charge in [-0.3, -0.25) is 4.99 Å². The van der Waals surface area contributed by atoms with Gasteiger partial charge in [0, 0.05) is 12.1 Å². The van der Waals surface area contributed by atoms with Crippen molar-refractivity contribution < 1.29 is 0 Å². The molecule has 0 spiro atoms. The first-order valence-electron chi connectivity index (χ1n) is 2.74. The van der Waals surface area contributed by atoms with Crippen LogP contribution in [0.3, 0.4) is 0 Å². The smallest absolute Gasteiger partial charge is 0.0577 e. The van der Waals surface area contributed by atoms with E-state index in [1.165, 1.54) is 0 Å². The molecule has 0 aliphatic carbocycles. The molecule has 0 aromatic rings. The predicted octanol–water partition coefficient (Wildman–Crippen LogP) is 1.57. The Kier molecular flexibility index (Phi) is 1.62. The maximum absolute atomic E-state index is 4.16. The minimum absolute atomic E-state index is 0.864. The molecule has 0 unspecified atom stereocenters. The fourth-order valence-corrected chi connectivity index (χ4v) is 0.692. The summed E-state index contributed by atoms with van der Waals surface area (Å²) in [5.41, 5.74) is 1.15. The van der Waals surface area contributed by atoms with E-state index in [-0.39, 0.29) is 0 Å². The third-order valence-electron chi connectivity index (χ3n) is 1.06. The zero-order valence-electron chi connectivity index (χ0n) is 4.80. The zero-order valence-corrected chi connectivity index (χ0v) is 4.80. The van der Waals surface area contributed by atoms with Gasteiger partial charge in [-0.05, 0) is 6.08 Å². The summed E-state index contributed by atoms with van der Waals surface area (Å²) in [5, 5.41) is 0. The van der Waals surface area contributed by atoms with Gasteiger partial charge in [-0.1, -0.05) is 12.2 Å². The molecular weight excluding hydrogens is 98.1 g/mol. The van der Waals surface area contributed by atoms with Crippen LogP contribution in [0.2, 0.25) is 0 Å². The lowest BCUT2D eigenvalue weighted by molar-refractivity contribution is 1.26. The highest BCUT2D eigenvalue weighted by Crippen LogP contribution is 1.97. The molecule has 1 aliphatic heterocycles. The fraction of sp³-hybridized carbons (Fsp3) is 0.286. The van der Waals surface area contributed by atoms with Crippen molar-refractivity contribution in [2.45, 2.75) is 6.42 Å². The van der Waals surface area contributed by atoms with Gasteiger partial charge < -0.3 is 0 Å². The van der Waals surface area contributed by atoms with Crippen LogP contribution >= 0.6 is 0 Å². The summed E-state index contributed by atoms with van der Waals surface area (Å²) >= 11 is 0. The van der Waals surface area contributed by atoms with Crippen molar-refractivity contribution in [3.8, 4) is 0 Å². The molecule has 0 saturated carbocycles. The molecule has 0 fully saturated rings. The first kappa shape index (κ1) is 5.29. The minimum atomic E-state index is 0.864. The molecule has 1 heterocycles. The number of rotatable bonds is 2. The maximum atomic E-state index is 4.16. The fourth-order valence-electron chi connectivity index (χ4n) is 0.692. The van der Waals surface area contributed by atoms with Crippen LogP contribution in [0.1, 0.15) is 6.42 Å². The summed E-state index contributed by atoms with van der Waals surface area (Å²) in [7, 11) is 0. The minimum Gasteiger partial charge on any atom is -0.285 e. The van der Waals surface area contributed by atoms with E-state index < -0.39 is 0 Å².